The summed E-state index contributed by atoms with van der Waals surface area (Å²) in [4.78, 5) is 11.6. The molecule has 61 heavy (non-hydrogen) atoms. The molecular formula is C46H70IO14-. The number of ether oxygens (including phenoxy) is 10. The van der Waals surface area contributed by atoms with Gasteiger partial charge in [-0.15, -0.1) is 0 Å². The summed E-state index contributed by atoms with van der Waals surface area (Å²) >= 11 is -0.804. The van der Waals surface area contributed by atoms with Crippen molar-refractivity contribution in [1.29, 1.82) is 0 Å². The number of aliphatic hydroxyl groups is 3. The zero-order valence-electron chi connectivity index (χ0n) is 37.4. The van der Waals surface area contributed by atoms with Gasteiger partial charge in [-0.1, -0.05) is 26.8 Å². The molecule has 6 aliphatic rings. The van der Waals surface area contributed by atoms with Gasteiger partial charge in [0.25, 0.3) is 6.47 Å². The Kier molecular flexibility index (Phi) is 16.9. The third-order valence-electron chi connectivity index (χ3n) is 13.1. The summed E-state index contributed by atoms with van der Waals surface area (Å²) in [6.07, 6.45) is 6.88. The van der Waals surface area contributed by atoms with E-state index in [4.69, 9.17) is 47.4 Å². The number of carbonyl (C=O) groups excluding carboxylic acids is 1. The molecule has 3 N–H and O–H groups in total. The Bertz CT molecular complexity index is 1630. The molecule has 0 aliphatic carbocycles. The number of hydrogen-bond acceptors (Lipinski definition) is 14. The third-order valence-corrected chi connectivity index (χ3v) is 16.6. The standard InChI is InChI=1S/C46H70IO14/c1-25(2)40-28(5)16-17-45(61-40)20-34(56-24-48)18-33(60-45)15-14-27(4)41(26(3)12-11-13-32-22-55-44-38(49)29(6)21-47-46(32,44)51)58-36-23-54-31(8)42(43(36)53-10)59-37-19-35(52-9)39(50)30(7)57-37/h11-14,16-17,21,24-26,28,30-31,33-44,49-51H,15,18-20,22-23H2,1-10H3/q-1/b12-11+,27-14+,32-13+/t26-,28-,30-,31+,33+,34-,35-,36?,37-,38+,39-,40+,41+,42-,43-,44?,45+,46?/m0/s1. The van der Waals surface area contributed by atoms with Crippen molar-refractivity contribution in [2.45, 2.75) is 176 Å². The van der Waals surface area contributed by atoms with E-state index in [1.807, 2.05) is 49.2 Å². The predicted molar refractivity (Wildman–Crippen MR) is 221 cm³/mol. The van der Waals surface area contributed by atoms with Crippen LogP contribution in [-0.4, -0.2) is 144 Å². The Morgan fingerprint density at radius 3 is 2.51 bits per heavy atom. The van der Waals surface area contributed by atoms with Crippen LogP contribution in [0.15, 0.2) is 57.3 Å². The van der Waals surface area contributed by atoms with Crippen molar-refractivity contribution >= 4 is 6.47 Å². The second-order valence-electron chi connectivity index (χ2n) is 18.0. The van der Waals surface area contributed by atoms with Crippen LogP contribution in [0.25, 0.3) is 0 Å². The topological polar surface area (TPSA) is 170 Å². The molecule has 0 saturated carbocycles. The van der Waals surface area contributed by atoms with Gasteiger partial charge in [-0.05, 0) is 25.8 Å². The fourth-order valence-electron chi connectivity index (χ4n) is 9.48. The number of aliphatic hydroxyl groups excluding tert-OH is 2. The van der Waals surface area contributed by atoms with Crippen LogP contribution in [0.3, 0.4) is 0 Å². The normalized spacial score (nSPS) is 43.9. The van der Waals surface area contributed by atoms with E-state index in [1.165, 1.54) is 0 Å². The number of allylic oxidation sites excluding steroid dienone is 2. The molecule has 18 atom stereocenters. The van der Waals surface area contributed by atoms with E-state index < -0.39 is 91.8 Å². The first kappa shape index (κ1) is 48.9. The molecule has 346 valence electrons. The van der Waals surface area contributed by atoms with Crippen molar-refractivity contribution in [2.24, 2.45) is 17.8 Å². The first-order valence-electron chi connectivity index (χ1n) is 21.9. The second kappa shape index (κ2) is 21.2. The molecule has 4 saturated heterocycles. The van der Waals surface area contributed by atoms with Gasteiger partial charge in [-0.2, -0.15) is 0 Å². The Labute approximate surface area is 372 Å². The van der Waals surface area contributed by atoms with Crippen LogP contribution in [0.5, 0.6) is 0 Å². The van der Waals surface area contributed by atoms with Gasteiger partial charge in [0.05, 0.1) is 18.3 Å². The van der Waals surface area contributed by atoms with Crippen LogP contribution >= 0.6 is 0 Å². The van der Waals surface area contributed by atoms with Gasteiger partial charge in [0.15, 0.2) is 12.1 Å². The Morgan fingerprint density at radius 1 is 1.03 bits per heavy atom. The number of hydrogen-bond donors (Lipinski definition) is 3. The van der Waals surface area contributed by atoms with E-state index >= 15 is 0 Å². The fourth-order valence-corrected chi connectivity index (χ4v) is 12.4. The van der Waals surface area contributed by atoms with Gasteiger partial charge in [0, 0.05) is 25.9 Å². The SMILES string of the molecule is CO[C@H]1C[C@H](O[C@H]2[C@@H](C)OCC(O[C@@H](/C(C)=C/C[C@@H]3C[C@H](OC=O)C[C@]4(C=C[C@H](C)[C@@H](C(C)C)O4)O3)[C@@H](C)/C=C/C=C3\COC4[C@H](O)C(C)=C[I-]C34O)[C@@H]2OC)O[C@@H](C)[C@@H]1O. The van der Waals surface area contributed by atoms with E-state index in [0.29, 0.717) is 32.2 Å². The van der Waals surface area contributed by atoms with Gasteiger partial charge >= 0.3 is 217 Å². The quantitative estimate of drug-likeness (QED) is 0.0938. The smallest absolute Gasteiger partial charge is 0.388 e. The molecular weight excluding hydrogens is 903 g/mol. The maximum atomic E-state index is 11.7. The molecule has 15 heteroatoms. The first-order chi connectivity index (χ1) is 29.0. The summed E-state index contributed by atoms with van der Waals surface area (Å²) in [5.74, 6) is -0.704. The van der Waals surface area contributed by atoms with Crippen LogP contribution in [0.1, 0.15) is 81.1 Å². The molecule has 0 amide bonds. The number of carbonyl (C=O) groups is 1. The summed E-state index contributed by atoms with van der Waals surface area (Å²) in [7, 11) is 3.21. The second-order valence-corrected chi connectivity index (χ2v) is 20.9. The van der Waals surface area contributed by atoms with Gasteiger partial charge < -0.3 is 24.1 Å². The zero-order chi connectivity index (χ0) is 44.2. The summed E-state index contributed by atoms with van der Waals surface area (Å²) in [5, 5.41) is 33.0. The summed E-state index contributed by atoms with van der Waals surface area (Å²) in [6, 6.07) is 0. The molecule has 0 aromatic rings. The van der Waals surface area contributed by atoms with Crippen LogP contribution in [0, 0.1) is 17.8 Å². The van der Waals surface area contributed by atoms with Crippen molar-refractivity contribution in [3.63, 3.8) is 0 Å². The van der Waals surface area contributed by atoms with Crippen LogP contribution < -0.4 is 21.2 Å². The van der Waals surface area contributed by atoms with E-state index in [9.17, 15) is 20.1 Å². The molecule has 0 bridgehead atoms. The fraction of sp³-hybridized carbons (Fsp3) is 0.761. The summed E-state index contributed by atoms with van der Waals surface area (Å²) < 4.78 is 63.4. The van der Waals surface area contributed by atoms with E-state index in [0.717, 1.165) is 16.7 Å². The van der Waals surface area contributed by atoms with Gasteiger partial charge in [-0.3, -0.25) is 4.79 Å². The molecule has 0 radical (unpaired) electrons. The molecule has 6 heterocycles. The van der Waals surface area contributed by atoms with Gasteiger partial charge in [0.1, 0.15) is 12.2 Å². The first-order valence-corrected chi connectivity index (χ1v) is 24.2. The minimum absolute atomic E-state index is 0.0469. The zero-order valence-corrected chi connectivity index (χ0v) is 39.5. The average molecular weight is 974 g/mol. The number of halogens is 1. The average Bonchev–Trinajstić information content (AvgIpc) is 3.56. The summed E-state index contributed by atoms with van der Waals surface area (Å²) in [6.45, 7) is 17.1. The minimum Gasteiger partial charge on any atom is -0.388 e. The molecule has 0 aromatic heterocycles. The monoisotopic (exact) mass is 973 g/mol. The Balaban J connectivity index is 1.24. The molecule has 6 rings (SSSR count). The molecule has 0 aromatic carbocycles. The van der Waals surface area contributed by atoms with Crippen molar-refractivity contribution in [2.75, 3.05) is 27.4 Å². The maximum absolute atomic E-state index is 11.7. The van der Waals surface area contributed by atoms with E-state index in [1.54, 1.807) is 21.1 Å². The van der Waals surface area contributed by atoms with Crippen molar-refractivity contribution in [3.05, 3.63) is 57.3 Å². The molecule has 6 aliphatic heterocycles. The predicted octanol–water partition coefficient (Wildman–Crippen LogP) is 1.64. The van der Waals surface area contributed by atoms with E-state index in [-0.39, 0.29) is 55.4 Å². The van der Waals surface area contributed by atoms with Crippen LogP contribution in [0.2, 0.25) is 0 Å². The number of methoxy groups -OCH3 is 2. The van der Waals surface area contributed by atoms with Crippen molar-refractivity contribution < 1.29 is 88.7 Å². The third kappa shape index (κ3) is 11.1. The van der Waals surface area contributed by atoms with Gasteiger partial charge in [0.2, 0.25) is 0 Å². The molecule has 4 fully saturated rings. The van der Waals surface area contributed by atoms with Crippen LogP contribution in [0.4, 0.5) is 0 Å². The van der Waals surface area contributed by atoms with Crippen molar-refractivity contribution in [1.82, 2.24) is 0 Å². The Hall–Kier alpha value is -1.58. The molecule has 1 spiro atoms. The Morgan fingerprint density at radius 2 is 1.80 bits per heavy atom. The number of alkyl halides is 1. The summed E-state index contributed by atoms with van der Waals surface area (Å²) in [5.41, 5.74) is 2.54. The number of rotatable bonds is 15. The number of fused-ring (bicyclic) bond motifs is 1. The van der Waals surface area contributed by atoms with Crippen molar-refractivity contribution in [3.8, 4) is 0 Å². The van der Waals surface area contributed by atoms with Gasteiger partial charge in [-0.25, -0.2) is 0 Å². The van der Waals surface area contributed by atoms with E-state index in [2.05, 4.69) is 39.8 Å². The molecule has 14 nitrogen and oxygen atoms in total. The molecule has 3 unspecified atom stereocenters. The van der Waals surface area contributed by atoms with Crippen LogP contribution in [-0.2, 0) is 52.2 Å². The minimum atomic E-state index is -1.18.